The second kappa shape index (κ2) is 24.9. The van der Waals surface area contributed by atoms with Crippen LogP contribution in [0.1, 0.15) is 142 Å². The summed E-state index contributed by atoms with van der Waals surface area (Å²) in [4.78, 5) is 0. The monoisotopic (exact) mass is 460 g/mol. The lowest BCUT2D eigenvalue weighted by atomic mass is 10.1. The first kappa shape index (κ1) is 31.3. The van der Waals surface area contributed by atoms with Crippen molar-refractivity contribution in [3.63, 3.8) is 0 Å². The van der Waals surface area contributed by atoms with Crippen molar-refractivity contribution in [2.75, 3.05) is 18.9 Å². The maximum Gasteiger partial charge on any atom is 0.107 e. The highest BCUT2D eigenvalue weighted by atomic mass is 31.1. The fourth-order valence-corrected chi connectivity index (χ4v) is 6.91. The van der Waals surface area contributed by atoms with Gasteiger partial charge in [0.15, 0.2) is 0 Å². The van der Waals surface area contributed by atoms with Crippen LogP contribution in [0.25, 0.3) is 0 Å². The van der Waals surface area contributed by atoms with Crippen molar-refractivity contribution in [2.45, 2.75) is 154 Å². The van der Waals surface area contributed by atoms with Crippen molar-refractivity contribution in [3.8, 4) is 0 Å². The van der Waals surface area contributed by atoms with Gasteiger partial charge in [-0.05, 0) is 25.2 Å². The average molecular weight is 461 g/mol. The first-order valence-electron chi connectivity index (χ1n) is 13.9. The van der Waals surface area contributed by atoms with Gasteiger partial charge >= 0.3 is 0 Å². The summed E-state index contributed by atoms with van der Waals surface area (Å²) in [5.74, 6) is -0.711. The molecule has 188 valence electrons. The number of hydrogen-bond donors (Lipinski definition) is 3. The second-order valence-corrected chi connectivity index (χ2v) is 12.2. The lowest BCUT2D eigenvalue weighted by Crippen LogP contribution is -2.29. The lowest BCUT2D eigenvalue weighted by Gasteiger charge is -2.26. The van der Waals surface area contributed by atoms with E-state index in [1.807, 2.05) is 0 Å². The van der Waals surface area contributed by atoms with Gasteiger partial charge in [0.2, 0.25) is 0 Å². The van der Waals surface area contributed by atoms with Crippen LogP contribution in [-0.4, -0.2) is 46.2 Å². The summed E-state index contributed by atoms with van der Waals surface area (Å²) in [5, 5.41) is 29.7. The van der Waals surface area contributed by atoms with Gasteiger partial charge in [0, 0.05) is 0 Å². The first-order valence-corrected chi connectivity index (χ1v) is 15.7. The predicted octanol–water partition coefficient (Wildman–Crippen LogP) is 7.98. The average Bonchev–Trinajstić information content (AvgIpc) is 2.79. The molecule has 0 aromatic heterocycles. The van der Waals surface area contributed by atoms with E-state index in [2.05, 4.69) is 13.8 Å². The molecule has 0 rings (SSSR count). The summed E-state index contributed by atoms with van der Waals surface area (Å²) in [6.07, 6.45) is 27.7. The third kappa shape index (κ3) is 20.6. The summed E-state index contributed by atoms with van der Waals surface area (Å²) in [6, 6.07) is 0. The van der Waals surface area contributed by atoms with Crippen LogP contribution in [-0.2, 0) is 0 Å². The van der Waals surface area contributed by atoms with Crippen LogP contribution in [0.2, 0.25) is 0 Å². The van der Waals surface area contributed by atoms with Crippen molar-refractivity contribution >= 4 is 7.92 Å². The molecule has 0 spiro atoms. The molecule has 0 aliphatic carbocycles. The molecule has 2 unspecified atom stereocenters. The summed E-state index contributed by atoms with van der Waals surface area (Å²) in [7, 11) is -0.591. The van der Waals surface area contributed by atoms with Crippen LogP contribution >= 0.6 is 7.92 Å². The molecule has 0 aliphatic heterocycles. The molecule has 0 radical (unpaired) electrons. The molecule has 31 heavy (non-hydrogen) atoms. The lowest BCUT2D eigenvalue weighted by molar-refractivity contribution is 0.0255. The van der Waals surface area contributed by atoms with Gasteiger partial charge in [0.1, 0.15) is 11.9 Å². The molecule has 0 aromatic carbocycles. The minimum Gasteiger partial charge on any atom is -0.394 e. The first-order chi connectivity index (χ1) is 15.2. The highest BCUT2D eigenvalue weighted by Crippen LogP contribution is 2.43. The highest BCUT2D eigenvalue weighted by Gasteiger charge is 2.24. The summed E-state index contributed by atoms with van der Waals surface area (Å²) >= 11 is 0. The van der Waals surface area contributed by atoms with Gasteiger partial charge < -0.3 is 15.3 Å². The quantitative estimate of drug-likeness (QED) is 0.0955. The van der Waals surface area contributed by atoms with Crippen LogP contribution in [0.5, 0.6) is 0 Å². The van der Waals surface area contributed by atoms with Crippen LogP contribution in [0.15, 0.2) is 0 Å². The Balaban J connectivity index is 3.84. The molecule has 3 N–H and O–H groups in total. The molecule has 0 heterocycles. The summed E-state index contributed by atoms with van der Waals surface area (Å²) < 4.78 is 0. The molecule has 0 saturated carbocycles. The van der Waals surface area contributed by atoms with Crippen LogP contribution in [0.3, 0.4) is 0 Å². The molecule has 3 nitrogen and oxygen atoms in total. The van der Waals surface area contributed by atoms with E-state index < -0.39 is 19.9 Å². The molecule has 0 aromatic rings. The van der Waals surface area contributed by atoms with Crippen LogP contribution in [0.4, 0.5) is 0 Å². The number of hydrogen-bond acceptors (Lipinski definition) is 3. The number of rotatable bonds is 25. The largest absolute Gasteiger partial charge is 0.394 e. The maximum absolute atomic E-state index is 10.5. The SMILES string of the molecule is CCCCCCCCCCCCP(CCCCCCCCCCCC)C(O)C(O)CO. The Morgan fingerprint density at radius 1 is 0.484 bits per heavy atom. The molecular formula is C27H57O3P. The van der Waals surface area contributed by atoms with Gasteiger partial charge in [-0.1, -0.05) is 137 Å². The standard InChI is InChI=1S/C27H57O3P/c1-3-5-7-9-11-13-15-17-19-21-23-31(27(30)26(29)25-28)24-22-20-18-16-14-12-10-8-6-4-2/h26-30H,3-25H2,1-2H3. The fraction of sp³-hybridized carbons (Fsp3) is 1.00. The van der Waals surface area contributed by atoms with Gasteiger partial charge in [-0.25, -0.2) is 0 Å². The number of aliphatic hydroxyl groups excluding tert-OH is 3. The summed E-state index contributed by atoms with van der Waals surface area (Å²) in [5.41, 5.74) is 0. The number of aliphatic hydroxyl groups is 3. The zero-order valence-electron chi connectivity index (χ0n) is 21.2. The minimum atomic E-state index is -0.961. The molecule has 4 heteroatoms. The van der Waals surface area contributed by atoms with Gasteiger partial charge in [-0.3, -0.25) is 0 Å². The van der Waals surface area contributed by atoms with E-state index in [9.17, 15) is 15.3 Å². The zero-order valence-corrected chi connectivity index (χ0v) is 22.1. The normalized spacial score (nSPS) is 13.7. The second-order valence-electron chi connectivity index (χ2n) is 9.56. The van der Waals surface area contributed by atoms with Gasteiger partial charge in [0.05, 0.1) is 6.61 Å². The van der Waals surface area contributed by atoms with E-state index in [0.29, 0.717) is 0 Å². The Morgan fingerprint density at radius 2 is 0.774 bits per heavy atom. The topological polar surface area (TPSA) is 60.7 Å². The summed E-state index contributed by atoms with van der Waals surface area (Å²) in [6.45, 7) is 4.21. The van der Waals surface area contributed by atoms with Crippen LogP contribution in [0, 0.1) is 0 Å². The highest BCUT2D eigenvalue weighted by molar-refractivity contribution is 7.58. The Bertz CT molecular complexity index is 316. The molecule has 0 amide bonds. The maximum atomic E-state index is 10.5. The van der Waals surface area contributed by atoms with Crippen molar-refractivity contribution < 1.29 is 15.3 Å². The van der Waals surface area contributed by atoms with E-state index in [1.54, 1.807) is 0 Å². The Kier molecular flexibility index (Phi) is 25.2. The van der Waals surface area contributed by atoms with E-state index >= 15 is 0 Å². The van der Waals surface area contributed by atoms with E-state index in [0.717, 1.165) is 25.2 Å². The van der Waals surface area contributed by atoms with E-state index in [4.69, 9.17) is 0 Å². The van der Waals surface area contributed by atoms with Crippen molar-refractivity contribution in [1.29, 1.82) is 0 Å². The molecule has 0 saturated heterocycles. The van der Waals surface area contributed by atoms with Crippen molar-refractivity contribution in [2.24, 2.45) is 0 Å². The van der Waals surface area contributed by atoms with E-state index in [-0.39, 0.29) is 6.61 Å². The van der Waals surface area contributed by atoms with Gasteiger partial charge in [0.25, 0.3) is 0 Å². The minimum absolute atomic E-state index is 0.323. The zero-order chi connectivity index (χ0) is 23.0. The third-order valence-electron chi connectivity index (χ3n) is 6.50. The molecule has 0 bridgehead atoms. The fourth-order valence-electron chi connectivity index (χ4n) is 4.32. The molecule has 0 aliphatic rings. The van der Waals surface area contributed by atoms with Crippen molar-refractivity contribution in [3.05, 3.63) is 0 Å². The van der Waals surface area contributed by atoms with Gasteiger partial charge in [-0.2, -0.15) is 0 Å². The smallest absolute Gasteiger partial charge is 0.107 e. The Hall–Kier alpha value is 0.310. The van der Waals surface area contributed by atoms with Gasteiger partial charge in [-0.15, -0.1) is 0 Å². The predicted molar refractivity (Wildman–Crippen MR) is 139 cm³/mol. The van der Waals surface area contributed by atoms with Crippen LogP contribution < -0.4 is 0 Å². The Morgan fingerprint density at radius 3 is 1.06 bits per heavy atom. The molecular weight excluding hydrogens is 403 g/mol. The number of unbranched alkanes of at least 4 members (excludes halogenated alkanes) is 18. The van der Waals surface area contributed by atoms with E-state index in [1.165, 1.54) is 116 Å². The molecule has 2 atom stereocenters. The molecule has 0 fully saturated rings. The third-order valence-corrected chi connectivity index (χ3v) is 9.38. The van der Waals surface area contributed by atoms with Crippen molar-refractivity contribution in [1.82, 2.24) is 0 Å². The Labute approximate surface area is 196 Å².